The number of ether oxygens (including phenoxy) is 1. The molecule has 40 valence electrons. The van der Waals surface area contributed by atoms with Crippen molar-refractivity contribution in [1.29, 1.82) is 0 Å². The molecule has 1 aliphatic rings. The second kappa shape index (κ2) is 1.64. The molecule has 0 fully saturated rings. The zero-order valence-electron chi connectivity index (χ0n) is 4.22. The van der Waals surface area contributed by atoms with Crippen LogP contribution < -0.4 is 0 Å². The molecule has 1 rings (SSSR count). The van der Waals surface area contributed by atoms with E-state index in [0.29, 0.717) is 6.61 Å². The molecule has 0 aromatic carbocycles. The van der Waals surface area contributed by atoms with Crippen LogP contribution in [0.25, 0.3) is 0 Å². The molecule has 0 aromatic rings. The summed E-state index contributed by atoms with van der Waals surface area (Å²) in [4.78, 5) is 0. The molecule has 2 nitrogen and oxygen atoms in total. The fourth-order valence-corrected chi connectivity index (χ4v) is 0.556. The summed E-state index contributed by atoms with van der Waals surface area (Å²) in [6.45, 7) is 2.51. The fourth-order valence-electron chi connectivity index (χ4n) is 0.556. The average molecular weight is 100 g/mol. The summed E-state index contributed by atoms with van der Waals surface area (Å²) in [5.74, 6) is 0. The maximum atomic E-state index is 8.60. The Kier molecular flexibility index (Phi) is 1.13. The Morgan fingerprint density at radius 2 is 2.71 bits per heavy atom. The minimum absolute atomic E-state index is 0.584. The smallest absolute Gasteiger partial charge is 0.174 e. The molecule has 0 amide bonds. The summed E-state index contributed by atoms with van der Waals surface area (Å²) < 4.78 is 4.73. The van der Waals surface area contributed by atoms with Crippen molar-refractivity contribution in [3.8, 4) is 0 Å². The molecule has 0 saturated carbocycles. The minimum atomic E-state index is -0.639. The fraction of sp³-hybridized carbons (Fsp3) is 0.600. The molecule has 1 heterocycles. The predicted molar refractivity (Wildman–Crippen MR) is 25.7 cm³/mol. The number of hydrogen-bond donors (Lipinski definition) is 1. The third-order valence-corrected chi connectivity index (χ3v) is 0.909. The molecule has 7 heavy (non-hydrogen) atoms. The van der Waals surface area contributed by atoms with E-state index in [0.717, 1.165) is 5.57 Å². The van der Waals surface area contributed by atoms with Crippen molar-refractivity contribution in [3.63, 3.8) is 0 Å². The van der Waals surface area contributed by atoms with Gasteiger partial charge in [-0.2, -0.15) is 0 Å². The Morgan fingerprint density at radius 1 is 2.00 bits per heavy atom. The van der Waals surface area contributed by atoms with Crippen molar-refractivity contribution >= 4 is 0 Å². The van der Waals surface area contributed by atoms with E-state index in [2.05, 4.69) is 0 Å². The lowest BCUT2D eigenvalue weighted by Gasteiger charge is -1.93. The van der Waals surface area contributed by atoms with Crippen LogP contribution in [0.15, 0.2) is 11.6 Å². The van der Waals surface area contributed by atoms with E-state index in [1.165, 1.54) is 0 Å². The van der Waals surface area contributed by atoms with E-state index in [1.807, 2.05) is 6.92 Å². The van der Waals surface area contributed by atoms with Gasteiger partial charge in [0.2, 0.25) is 0 Å². The molecule has 0 spiro atoms. The zero-order chi connectivity index (χ0) is 5.28. The predicted octanol–water partition coefficient (Wildman–Crippen LogP) is 0.281. The van der Waals surface area contributed by atoms with Crippen molar-refractivity contribution < 1.29 is 9.84 Å². The van der Waals surface area contributed by atoms with Gasteiger partial charge >= 0.3 is 0 Å². The van der Waals surface area contributed by atoms with E-state index in [9.17, 15) is 0 Å². The molecule has 1 atom stereocenters. The molecule has 0 radical (unpaired) electrons. The van der Waals surface area contributed by atoms with Crippen LogP contribution >= 0.6 is 0 Å². The van der Waals surface area contributed by atoms with E-state index in [4.69, 9.17) is 9.84 Å². The van der Waals surface area contributed by atoms with Gasteiger partial charge in [0, 0.05) is 0 Å². The van der Waals surface area contributed by atoms with Crippen molar-refractivity contribution in [1.82, 2.24) is 0 Å². The highest BCUT2D eigenvalue weighted by Gasteiger charge is 2.07. The molecular formula is C5H8O2. The van der Waals surface area contributed by atoms with Gasteiger partial charge in [-0.1, -0.05) is 0 Å². The van der Waals surface area contributed by atoms with Crippen molar-refractivity contribution in [3.05, 3.63) is 11.6 Å². The van der Waals surface area contributed by atoms with Crippen LogP contribution in [-0.2, 0) is 4.74 Å². The van der Waals surface area contributed by atoms with Gasteiger partial charge in [-0.3, -0.25) is 0 Å². The Labute approximate surface area is 42.4 Å². The first-order chi connectivity index (χ1) is 3.29. The molecule has 1 unspecified atom stereocenters. The summed E-state index contributed by atoms with van der Waals surface area (Å²) in [5, 5.41) is 8.60. The topological polar surface area (TPSA) is 29.5 Å². The summed E-state index contributed by atoms with van der Waals surface area (Å²) in [5.41, 5.74) is 1.10. The molecule has 1 aliphatic heterocycles. The summed E-state index contributed by atoms with van der Waals surface area (Å²) in [6, 6.07) is 0. The molecule has 2 heteroatoms. The van der Waals surface area contributed by atoms with Crippen molar-refractivity contribution in [2.45, 2.75) is 13.2 Å². The van der Waals surface area contributed by atoms with Crippen LogP contribution in [-0.4, -0.2) is 18.0 Å². The van der Waals surface area contributed by atoms with Gasteiger partial charge < -0.3 is 9.84 Å². The molecule has 0 aliphatic carbocycles. The highest BCUT2D eigenvalue weighted by molar-refractivity contribution is 5.04. The van der Waals surface area contributed by atoms with E-state index >= 15 is 0 Å². The van der Waals surface area contributed by atoms with E-state index in [-0.39, 0.29) is 0 Å². The molecule has 0 saturated heterocycles. The number of aliphatic hydroxyl groups is 1. The van der Waals surface area contributed by atoms with E-state index in [1.54, 1.807) is 6.08 Å². The SMILES string of the molecule is CC1=CC(O)OC1. The second-order valence-corrected chi connectivity index (χ2v) is 1.71. The Balaban J connectivity index is 2.50. The monoisotopic (exact) mass is 100 g/mol. The van der Waals surface area contributed by atoms with Crippen LogP contribution in [0, 0.1) is 0 Å². The summed E-state index contributed by atoms with van der Waals surface area (Å²) in [6.07, 6.45) is 1.06. The lowest BCUT2D eigenvalue weighted by molar-refractivity contribution is -0.0392. The van der Waals surface area contributed by atoms with Gasteiger partial charge in [0.25, 0.3) is 0 Å². The van der Waals surface area contributed by atoms with Crippen LogP contribution in [0.5, 0.6) is 0 Å². The third kappa shape index (κ3) is 1.01. The van der Waals surface area contributed by atoms with Crippen LogP contribution in [0.3, 0.4) is 0 Å². The summed E-state index contributed by atoms with van der Waals surface area (Å²) >= 11 is 0. The lowest BCUT2D eigenvalue weighted by atomic mass is 10.3. The van der Waals surface area contributed by atoms with Gasteiger partial charge in [0.1, 0.15) is 0 Å². The van der Waals surface area contributed by atoms with Gasteiger partial charge in [-0.25, -0.2) is 0 Å². The third-order valence-electron chi connectivity index (χ3n) is 0.909. The van der Waals surface area contributed by atoms with E-state index < -0.39 is 6.29 Å². The normalized spacial score (nSPS) is 30.6. The molecule has 0 aromatic heterocycles. The Morgan fingerprint density at radius 3 is 2.86 bits per heavy atom. The van der Waals surface area contributed by atoms with Crippen LogP contribution in [0.2, 0.25) is 0 Å². The van der Waals surface area contributed by atoms with Gasteiger partial charge in [-0.05, 0) is 18.6 Å². The molecule has 0 bridgehead atoms. The average Bonchev–Trinajstić information content (AvgIpc) is 1.87. The number of aliphatic hydroxyl groups excluding tert-OH is 1. The van der Waals surface area contributed by atoms with Crippen molar-refractivity contribution in [2.75, 3.05) is 6.61 Å². The van der Waals surface area contributed by atoms with Crippen molar-refractivity contribution in [2.24, 2.45) is 0 Å². The number of hydrogen-bond acceptors (Lipinski definition) is 2. The van der Waals surface area contributed by atoms with Gasteiger partial charge in [-0.15, -0.1) is 0 Å². The Hall–Kier alpha value is -0.340. The quantitative estimate of drug-likeness (QED) is 0.443. The largest absolute Gasteiger partial charge is 0.365 e. The highest BCUT2D eigenvalue weighted by Crippen LogP contribution is 2.06. The standard InChI is InChI=1S/C5H8O2/c1-4-2-5(6)7-3-4/h2,5-6H,3H2,1H3. The number of rotatable bonds is 0. The zero-order valence-corrected chi connectivity index (χ0v) is 4.22. The minimum Gasteiger partial charge on any atom is -0.365 e. The van der Waals surface area contributed by atoms with Crippen LogP contribution in [0.4, 0.5) is 0 Å². The Bertz CT molecular complexity index is 96.3. The lowest BCUT2D eigenvalue weighted by Crippen LogP contribution is -1.99. The second-order valence-electron chi connectivity index (χ2n) is 1.71. The summed E-state index contributed by atoms with van der Waals surface area (Å²) in [7, 11) is 0. The van der Waals surface area contributed by atoms with Crippen LogP contribution in [0.1, 0.15) is 6.92 Å². The maximum absolute atomic E-state index is 8.60. The first-order valence-corrected chi connectivity index (χ1v) is 2.26. The highest BCUT2D eigenvalue weighted by atomic mass is 16.6. The maximum Gasteiger partial charge on any atom is 0.174 e. The molecule has 1 N–H and O–H groups in total. The van der Waals surface area contributed by atoms with Gasteiger partial charge in [0.05, 0.1) is 6.61 Å². The van der Waals surface area contributed by atoms with Gasteiger partial charge in [0.15, 0.2) is 6.29 Å². The first kappa shape index (κ1) is 4.81. The molecular weight excluding hydrogens is 92.1 g/mol. The first-order valence-electron chi connectivity index (χ1n) is 2.26.